The van der Waals surface area contributed by atoms with Crippen LogP contribution in [-0.2, 0) is 10.0 Å². The van der Waals surface area contributed by atoms with Crippen molar-refractivity contribution in [1.29, 1.82) is 0 Å². The fourth-order valence-corrected chi connectivity index (χ4v) is 2.46. The summed E-state index contributed by atoms with van der Waals surface area (Å²) in [5, 5.41) is 5.13. The van der Waals surface area contributed by atoms with Crippen molar-refractivity contribution in [2.24, 2.45) is 5.14 Å². The molecular weight excluding hydrogens is 264 g/mol. The zero-order chi connectivity index (χ0) is 14.3. The number of anilines is 1. The number of benzene rings is 1. The van der Waals surface area contributed by atoms with Crippen LogP contribution in [0.2, 0.25) is 0 Å². The lowest BCUT2D eigenvalue weighted by molar-refractivity contribution is 0.297. The highest BCUT2D eigenvalue weighted by Gasteiger charge is 2.15. The minimum Gasteiger partial charge on any atom is -0.492 e. The second-order valence-electron chi connectivity index (χ2n) is 4.51. The number of hydrogen-bond acceptors (Lipinski definition) is 4. The van der Waals surface area contributed by atoms with Crippen LogP contribution in [0.3, 0.4) is 0 Å². The van der Waals surface area contributed by atoms with E-state index in [-0.39, 0.29) is 10.6 Å². The fraction of sp³-hybridized carbons (Fsp3) is 0.538. The van der Waals surface area contributed by atoms with Gasteiger partial charge in [-0.3, -0.25) is 0 Å². The molecule has 0 aromatic heterocycles. The maximum atomic E-state index is 11.4. The molecule has 19 heavy (non-hydrogen) atoms. The number of nitrogen functional groups attached to an aromatic ring is 1. The maximum absolute atomic E-state index is 11.4. The summed E-state index contributed by atoms with van der Waals surface area (Å²) in [5.41, 5.74) is 5.90. The molecular formula is C13H22N2O3S. The average molecular weight is 286 g/mol. The van der Waals surface area contributed by atoms with E-state index in [0.717, 1.165) is 12.8 Å². The third-order valence-corrected chi connectivity index (χ3v) is 3.71. The standard InChI is InChI=1S/C13H22N2O3S/c1-2-3-4-5-6-9-18-12-8-7-11(14)10-13(12)19(15,16)17/h7-8,10H,2-6,9,14H2,1H3,(H2,15,16,17). The third-order valence-electron chi connectivity index (χ3n) is 2.78. The van der Waals surface area contributed by atoms with Crippen LogP contribution in [0.1, 0.15) is 39.0 Å². The molecule has 5 nitrogen and oxygen atoms in total. The molecule has 0 bridgehead atoms. The van der Waals surface area contributed by atoms with Gasteiger partial charge in [0.1, 0.15) is 10.6 Å². The van der Waals surface area contributed by atoms with E-state index in [1.54, 1.807) is 12.1 Å². The first kappa shape index (κ1) is 15.8. The largest absolute Gasteiger partial charge is 0.492 e. The Morgan fingerprint density at radius 2 is 1.84 bits per heavy atom. The van der Waals surface area contributed by atoms with Gasteiger partial charge in [-0.2, -0.15) is 0 Å². The highest BCUT2D eigenvalue weighted by Crippen LogP contribution is 2.25. The van der Waals surface area contributed by atoms with Crippen molar-refractivity contribution < 1.29 is 13.2 Å². The summed E-state index contributed by atoms with van der Waals surface area (Å²) in [6, 6.07) is 4.46. The van der Waals surface area contributed by atoms with E-state index >= 15 is 0 Å². The summed E-state index contributed by atoms with van der Waals surface area (Å²) in [6.45, 7) is 2.64. The molecule has 6 heteroatoms. The Kier molecular flexibility index (Phi) is 6.11. The first-order chi connectivity index (χ1) is 8.95. The van der Waals surface area contributed by atoms with Gasteiger partial charge in [0, 0.05) is 5.69 Å². The second-order valence-corrected chi connectivity index (χ2v) is 6.04. The molecule has 0 unspecified atom stereocenters. The maximum Gasteiger partial charge on any atom is 0.241 e. The number of ether oxygens (including phenoxy) is 1. The first-order valence-corrected chi connectivity index (χ1v) is 8.05. The molecule has 0 aliphatic rings. The molecule has 4 N–H and O–H groups in total. The molecule has 0 amide bonds. The predicted molar refractivity (Wildman–Crippen MR) is 76.5 cm³/mol. The molecule has 1 aromatic rings. The normalized spacial score (nSPS) is 11.5. The van der Waals surface area contributed by atoms with E-state index in [4.69, 9.17) is 15.6 Å². The minimum absolute atomic E-state index is 0.0546. The van der Waals surface area contributed by atoms with Gasteiger partial charge in [-0.25, -0.2) is 13.6 Å². The first-order valence-electron chi connectivity index (χ1n) is 6.50. The number of nitrogens with two attached hydrogens (primary N) is 2. The van der Waals surface area contributed by atoms with Gasteiger partial charge in [0.2, 0.25) is 10.0 Å². The fourth-order valence-electron chi connectivity index (χ4n) is 1.75. The molecule has 1 aromatic carbocycles. The van der Waals surface area contributed by atoms with Gasteiger partial charge in [0.15, 0.2) is 0 Å². The quantitative estimate of drug-likeness (QED) is 0.566. The van der Waals surface area contributed by atoms with E-state index in [2.05, 4.69) is 6.92 Å². The minimum atomic E-state index is -3.81. The smallest absolute Gasteiger partial charge is 0.241 e. The highest BCUT2D eigenvalue weighted by atomic mass is 32.2. The number of sulfonamides is 1. The van der Waals surface area contributed by atoms with E-state index in [0.29, 0.717) is 12.3 Å². The summed E-state index contributed by atoms with van der Waals surface area (Å²) in [6.07, 6.45) is 5.55. The van der Waals surface area contributed by atoms with Crippen LogP contribution in [0.5, 0.6) is 5.75 Å². The van der Waals surface area contributed by atoms with E-state index in [1.807, 2.05) is 0 Å². The van der Waals surface area contributed by atoms with Gasteiger partial charge in [-0.1, -0.05) is 32.6 Å². The van der Waals surface area contributed by atoms with E-state index in [9.17, 15) is 8.42 Å². The topological polar surface area (TPSA) is 95.4 Å². The molecule has 0 saturated carbocycles. The molecule has 0 saturated heterocycles. The van der Waals surface area contributed by atoms with Crippen LogP contribution in [-0.4, -0.2) is 15.0 Å². The molecule has 0 fully saturated rings. The van der Waals surface area contributed by atoms with Crippen LogP contribution in [0.15, 0.2) is 23.1 Å². The second kappa shape index (κ2) is 7.35. The van der Waals surface area contributed by atoms with Crippen LogP contribution in [0, 0.1) is 0 Å². The molecule has 0 aliphatic carbocycles. The van der Waals surface area contributed by atoms with Gasteiger partial charge in [-0.05, 0) is 24.6 Å². The summed E-state index contributed by atoms with van der Waals surface area (Å²) in [7, 11) is -3.81. The molecule has 0 radical (unpaired) electrons. The Bertz CT molecular complexity index is 501. The summed E-state index contributed by atoms with van der Waals surface area (Å²) in [5.74, 6) is 0.271. The Morgan fingerprint density at radius 3 is 2.47 bits per heavy atom. The SMILES string of the molecule is CCCCCCCOc1ccc(N)cc1S(N)(=O)=O. The van der Waals surface area contributed by atoms with Crippen molar-refractivity contribution in [1.82, 2.24) is 0 Å². The van der Waals surface area contributed by atoms with E-state index < -0.39 is 10.0 Å². The zero-order valence-corrected chi connectivity index (χ0v) is 12.1. The van der Waals surface area contributed by atoms with Crippen LogP contribution >= 0.6 is 0 Å². The lowest BCUT2D eigenvalue weighted by Crippen LogP contribution is -2.14. The van der Waals surface area contributed by atoms with Crippen molar-refractivity contribution in [3.8, 4) is 5.75 Å². The van der Waals surface area contributed by atoms with Gasteiger partial charge in [0.05, 0.1) is 6.61 Å². The average Bonchev–Trinajstić information content (AvgIpc) is 2.34. The number of unbranched alkanes of at least 4 members (excludes halogenated alkanes) is 4. The predicted octanol–water partition coefficient (Wildman–Crippen LogP) is 2.27. The number of primary sulfonamides is 1. The lowest BCUT2D eigenvalue weighted by atomic mass is 10.2. The van der Waals surface area contributed by atoms with E-state index in [1.165, 1.54) is 25.3 Å². The van der Waals surface area contributed by atoms with Crippen molar-refractivity contribution in [2.45, 2.75) is 43.9 Å². The number of rotatable bonds is 8. The molecule has 1 rings (SSSR count). The van der Waals surface area contributed by atoms with Crippen molar-refractivity contribution in [2.75, 3.05) is 12.3 Å². The Hall–Kier alpha value is -1.27. The molecule has 0 heterocycles. The molecule has 0 spiro atoms. The summed E-state index contributed by atoms with van der Waals surface area (Å²) >= 11 is 0. The summed E-state index contributed by atoms with van der Waals surface area (Å²) < 4.78 is 28.3. The molecule has 108 valence electrons. The van der Waals surface area contributed by atoms with Crippen molar-refractivity contribution >= 4 is 15.7 Å². The van der Waals surface area contributed by atoms with Crippen LogP contribution in [0.25, 0.3) is 0 Å². The van der Waals surface area contributed by atoms with Gasteiger partial charge < -0.3 is 10.5 Å². The molecule has 0 aliphatic heterocycles. The highest BCUT2D eigenvalue weighted by molar-refractivity contribution is 7.89. The van der Waals surface area contributed by atoms with Gasteiger partial charge in [-0.15, -0.1) is 0 Å². The van der Waals surface area contributed by atoms with Crippen molar-refractivity contribution in [3.05, 3.63) is 18.2 Å². The zero-order valence-electron chi connectivity index (χ0n) is 11.3. The Balaban J connectivity index is 2.59. The van der Waals surface area contributed by atoms with Crippen LogP contribution < -0.4 is 15.6 Å². The van der Waals surface area contributed by atoms with Crippen molar-refractivity contribution in [3.63, 3.8) is 0 Å². The lowest BCUT2D eigenvalue weighted by Gasteiger charge is -2.10. The Morgan fingerprint density at radius 1 is 1.16 bits per heavy atom. The van der Waals surface area contributed by atoms with Crippen LogP contribution in [0.4, 0.5) is 5.69 Å². The van der Waals surface area contributed by atoms with Gasteiger partial charge in [0.25, 0.3) is 0 Å². The summed E-state index contributed by atoms with van der Waals surface area (Å²) in [4.78, 5) is -0.0546. The van der Waals surface area contributed by atoms with Gasteiger partial charge >= 0.3 is 0 Å². The molecule has 0 atom stereocenters. The Labute approximate surface area is 115 Å². The third kappa shape index (κ3) is 5.48. The number of hydrogen-bond donors (Lipinski definition) is 2. The monoisotopic (exact) mass is 286 g/mol.